The van der Waals surface area contributed by atoms with Crippen LogP contribution >= 0.6 is 27.7 Å². The van der Waals surface area contributed by atoms with Crippen molar-refractivity contribution in [2.75, 3.05) is 11.1 Å². The van der Waals surface area contributed by atoms with E-state index < -0.39 is 0 Å². The average molecular weight is 313 g/mol. The smallest absolute Gasteiger partial charge is 0.161 e. The van der Waals surface area contributed by atoms with Crippen molar-refractivity contribution >= 4 is 38.5 Å². The molecule has 0 aliphatic carbocycles. The SMILES string of the molecule is Cc1cccc(NC2=NC(C)(C)CCS2)c1Br. The third-order valence-corrected chi connectivity index (χ3v) is 4.72. The molecule has 4 heteroatoms. The van der Waals surface area contributed by atoms with Crippen LogP contribution in [0.3, 0.4) is 0 Å². The number of rotatable bonds is 1. The molecule has 0 spiro atoms. The van der Waals surface area contributed by atoms with Gasteiger partial charge in [-0.25, -0.2) is 0 Å². The standard InChI is InChI=1S/C13H17BrN2S/c1-9-5-4-6-10(11(9)14)15-12-16-13(2,3)7-8-17-12/h4-6H,7-8H2,1-3H3,(H,15,16). The van der Waals surface area contributed by atoms with Crippen molar-refractivity contribution in [1.29, 1.82) is 0 Å². The highest BCUT2D eigenvalue weighted by atomic mass is 79.9. The van der Waals surface area contributed by atoms with Crippen molar-refractivity contribution in [3.63, 3.8) is 0 Å². The largest absolute Gasteiger partial charge is 0.334 e. The topological polar surface area (TPSA) is 24.4 Å². The molecule has 0 unspecified atom stereocenters. The first-order valence-corrected chi connectivity index (χ1v) is 7.51. The van der Waals surface area contributed by atoms with Gasteiger partial charge in [-0.2, -0.15) is 0 Å². The maximum absolute atomic E-state index is 4.73. The number of hydrogen-bond acceptors (Lipinski definition) is 3. The molecule has 1 aliphatic rings. The number of aliphatic imine (C=N–C) groups is 1. The molecule has 0 fully saturated rings. The van der Waals surface area contributed by atoms with Crippen LogP contribution in [0.25, 0.3) is 0 Å². The van der Waals surface area contributed by atoms with E-state index in [1.54, 1.807) is 11.8 Å². The summed E-state index contributed by atoms with van der Waals surface area (Å²) in [6.07, 6.45) is 1.14. The molecule has 1 heterocycles. The lowest BCUT2D eigenvalue weighted by atomic mass is 10.0. The van der Waals surface area contributed by atoms with Gasteiger partial charge in [0.15, 0.2) is 5.17 Å². The summed E-state index contributed by atoms with van der Waals surface area (Å²) in [6, 6.07) is 6.22. The van der Waals surface area contributed by atoms with Crippen LogP contribution < -0.4 is 5.32 Å². The van der Waals surface area contributed by atoms with Gasteiger partial charge in [-0.05, 0) is 54.8 Å². The molecule has 1 aromatic rings. The second-order valence-corrected chi connectivity index (χ2v) is 6.77. The fraction of sp³-hybridized carbons (Fsp3) is 0.462. The Bertz CT molecular complexity index is 455. The van der Waals surface area contributed by atoms with Gasteiger partial charge in [0.25, 0.3) is 0 Å². The molecule has 2 rings (SSSR count). The highest BCUT2D eigenvalue weighted by Gasteiger charge is 2.22. The van der Waals surface area contributed by atoms with Gasteiger partial charge >= 0.3 is 0 Å². The number of benzene rings is 1. The van der Waals surface area contributed by atoms with Gasteiger partial charge in [-0.15, -0.1) is 0 Å². The fourth-order valence-corrected chi connectivity index (χ4v) is 3.34. The lowest BCUT2D eigenvalue weighted by molar-refractivity contribution is 0.507. The second-order valence-electron chi connectivity index (χ2n) is 4.89. The molecule has 1 aliphatic heterocycles. The maximum atomic E-state index is 4.73. The highest BCUT2D eigenvalue weighted by Crippen LogP contribution is 2.30. The summed E-state index contributed by atoms with van der Waals surface area (Å²) in [5.41, 5.74) is 2.38. The van der Waals surface area contributed by atoms with Gasteiger partial charge in [-0.1, -0.05) is 23.9 Å². The van der Waals surface area contributed by atoms with Gasteiger partial charge in [0.1, 0.15) is 0 Å². The van der Waals surface area contributed by atoms with E-state index in [4.69, 9.17) is 4.99 Å². The summed E-state index contributed by atoms with van der Waals surface area (Å²) in [5, 5.41) is 4.43. The van der Waals surface area contributed by atoms with Gasteiger partial charge in [0.2, 0.25) is 0 Å². The van der Waals surface area contributed by atoms with E-state index in [9.17, 15) is 0 Å². The van der Waals surface area contributed by atoms with Crippen molar-refractivity contribution in [2.24, 2.45) is 4.99 Å². The molecule has 17 heavy (non-hydrogen) atoms. The predicted molar refractivity (Wildman–Crippen MR) is 81.1 cm³/mol. The molecular weight excluding hydrogens is 296 g/mol. The fourth-order valence-electron chi connectivity index (χ4n) is 1.68. The van der Waals surface area contributed by atoms with Crippen LogP contribution in [0.15, 0.2) is 27.7 Å². The van der Waals surface area contributed by atoms with Crippen LogP contribution in [-0.4, -0.2) is 16.5 Å². The summed E-state index contributed by atoms with van der Waals surface area (Å²) in [6.45, 7) is 6.45. The molecule has 1 N–H and O–H groups in total. The minimum Gasteiger partial charge on any atom is -0.334 e. The Labute approximate surface area is 115 Å². The van der Waals surface area contributed by atoms with Crippen LogP contribution in [0.5, 0.6) is 0 Å². The number of halogens is 1. The van der Waals surface area contributed by atoms with Gasteiger partial charge in [0, 0.05) is 10.2 Å². The Morgan fingerprint density at radius 2 is 2.18 bits per heavy atom. The molecule has 0 saturated carbocycles. The Balaban J connectivity index is 2.21. The Kier molecular flexibility index (Phi) is 3.83. The van der Waals surface area contributed by atoms with Gasteiger partial charge in [-0.3, -0.25) is 4.99 Å². The third kappa shape index (κ3) is 3.26. The number of anilines is 1. The van der Waals surface area contributed by atoms with Crippen molar-refractivity contribution in [3.8, 4) is 0 Å². The van der Waals surface area contributed by atoms with Crippen molar-refractivity contribution in [1.82, 2.24) is 0 Å². The zero-order chi connectivity index (χ0) is 12.5. The minimum absolute atomic E-state index is 0.0594. The first-order valence-electron chi connectivity index (χ1n) is 5.73. The molecule has 0 atom stereocenters. The molecule has 0 aromatic heterocycles. The number of hydrogen-bond donors (Lipinski definition) is 1. The molecular formula is C13H17BrN2S. The quantitative estimate of drug-likeness (QED) is 0.829. The molecule has 0 radical (unpaired) electrons. The molecule has 2 nitrogen and oxygen atoms in total. The number of thioether (sulfide) groups is 1. The zero-order valence-corrected chi connectivity index (χ0v) is 12.8. The highest BCUT2D eigenvalue weighted by molar-refractivity contribution is 9.10. The number of amidine groups is 1. The van der Waals surface area contributed by atoms with E-state index >= 15 is 0 Å². The van der Waals surface area contributed by atoms with E-state index in [1.807, 2.05) is 0 Å². The molecule has 0 amide bonds. The van der Waals surface area contributed by atoms with Crippen LogP contribution in [0.1, 0.15) is 25.8 Å². The Hall–Kier alpha value is -0.480. The van der Waals surface area contributed by atoms with E-state index in [0.29, 0.717) is 0 Å². The monoisotopic (exact) mass is 312 g/mol. The molecule has 0 bridgehead atoms. The first kappa shape index (κ1) is 13.0. The van der Waals surface area contributed by atoms with Crippen molar-refractivity contribution < 1.29 is 0 Å². The van der Waals surface area contributed by atoms with Crippen molar-refractivity contribution in [3.05, 3.63) is 28.2 Å². The lowest BCUT2D eigenvalue weighted by Gasteiger charge is -2.26. The first-order chi connectivity index (χ1) is 7.98. The number of nitrogens with zero attached hydrogens (tertiary/aromatic N) is 1. The van der Waals surface area contributed by atoms with Crippen LogP contribution in [0, 0.1) is 6.92 Å². The number of nitrogens with one attached hydrogen (secondary N) is 1. The Morgan fingerprint density at radius 1 is 1.41 bits per heavy atom. The predicted octanol–water partition coefficient (Wildman–Crippen LogP) is 4.44. The summed E-state index contributed by atoms with van der Waals surface area (Å²) in [5.74, 6) is 1.13. The average Bonchev–Trinajstić information content (AvgIpc) is 2.23. The van der Waals surface area contributed by atoms with Gasteiger partial charge in [0.05, 0.1) is 11.2 Å². The molecule has 0 saturated heterocycles. The Morgan fingerprint density at radius 3 is 2.88 bits per heavy atom. The third-order valence-electron chi connectivity index (χ3n) is 2.79. The molecule has 1 aromatic carbocycles. The van der Waals surface area contributed by atoms with Gasteiger partial charge < -0.3 is 5.32 Å². The second kappa shape index (κ2) is 5.02. The summed E-state index contributed by atoms with van der Waals surface area (Å²) < 4.78 is 1.12. The summed E-state index contributed by atoms with van der Waals surface area (Å²) in [4.78, 5) is 4.73. The normalized spacial score (nSPS) is 18.7. The summed E-state index contributed by atoms with van der Waals surface area (Å²) >= 11 is 5.40. The lowest BCUT2D eigenvalue weighted by Crippen LogP contribution is -2.27. The zero-order valence-electron chi connectivity index (χ0n) is 10.4. The van der Waals surface area contributed by atoms with E-state index in [2.05, 4.69) is 60.2 Å². The van der Waals surface area contributed by atoms with Crippen LogP contribution in [0.4, 0.5) is 5.69 Å². The van der Waals surface area contributed by atoms with E-state index in [-0.39, 0.29) is 5.54 Å². The van der Waals surface area contributed by atoms with Crippen molar-refractivity contribution in [2.45, 2.75) is 32.7 Å². The number of aryl methyl sites for hydroxylation is 1. The maximum Gasteiger partial charge on any atom is 0.161 e. The van der Waals surface area contributed by atoms with Crippen LogP contribution in [-0.2, 0) is 0 Å². The minimum atomic E-state index is 0.0594. The molecule has 92 valence electrons. The van der Waals surface area contributed by atoms with E-state index in [1.165, 1.54) is 5.56 Å². The van der Waals surface area contributed by atoms with E-state index in [0.717, 1.165) is 27.5 Å². The summed E-state index contributed by atoms with van der Waals surface area (Å²) in [7, 11) is 0. The van der Waals surface area contributed by atoms with Crippen LogP contribution in [0.2, 0.25) is 0 Å².